The van der Waals surface area contributed by atoms with Gasteiger partial charge in [-0.1, -0.05) is 23.7 Å². The third-order valence-corrected chi connectivity index (χ3v) is 2.39. The third kappa shape index (κ3) is 5.74. The van der Waals surface area contributed by atoms with Gasteiger partial charge in [0.05, 0.1) is 6.04 Å². The molecule has 1 aromatic rings. The zero-order valence-electron chi connectivity index (χ0n) is 10.2. The minimum absolute atomic E-state index is 0. The molecule has 0 aliphatic heterocycles. The molecule has 0 aromatic heterocycles. The van der Waals surface area contributed by atoms with Crippen molar-refractivity contribution >= 4 is 36.2 Å². The Morgan fingerprint density at radius 1 is 1.35 bits per heavy atom. The van der Waals surface area contributed by atoms with E-state index in [9.17, 15) is 4.79 Å². The van der Waals surface area contributed by atoms with E-state index in [0.29, 0.717) is 10.6 Å². The van der Waals surface area contributed by atoms with E-state index in [1.54, 1.807) is 24.3 Å². The summed E-state index contributed by atoms with van der Waals surface area (Å²) in [6, 6.07) is 6.83. The van der Waals surface area contributed by atoms with Gasteiger partial charge in [0.2, 0.25) is 0 Å². The van der Waals surface area contributed by atoms with Crippen LogP contribution in [0.1, 0.15) is 38.1 Å². The average molecular weight is 248 g/mol. The van der Waals surface area contributed by atoms with Gasteiger partial charge in [0, 0.05) is 16.1 Å². The molecule has 0 aliphatic carbocycles. The number of hydrogen-bond donors (Lipinski definition) is 1. The van der Waals surface area contributed by atoms with Crippen molar-refractivity contribution < 1.29 is 4.79 Å². The molecule has 0 bridgehead atoms. The first kappa shape index (κ1) is 16.7. The van der Waals surface area contributed by atoms with E-state index >= 15 is 0 Å². The second-order valence-electron chi connectivity index (χ2n) is 4.99. The molecule has 1 N–H and O–H groups in total. The first-order valence-electron chi connectivity index (χ1n) is 5.37. The van der Waals surface area contributed by atoms with Crippen LogP contribution in [0.15, 0.2) is 24.3 Å². The Labute approximate surface area is 120 Å². The summed E-state index contributed by atoms with van der Waals surface area (Å²) in [5.74, 6) is 0.0671. The van der Waals surface area contributed by atoms with Gasteiger partial charge in [-0.15, -0.1) is 0 Å². The van der Waals surface area contributed by atoms with Crippen molar-refractivity contribution in [3.63, 3.8) is 0 Å². The van der Waals surface area contributed by atoms with Gasteiger partial charge < -0.3 is 5.32 Å². The maximum absolute atomic E-state index is 12.1. The van der Waals surface area contributed by atoms with Crippen LogP contribution in [0.4, 0.5) is 0 Å². The van der Waals surface area contributed by atoms with Gasteiger partial charge in [-0.05, 0) is 39.8 Å². The maximum atomic E-state index is 12.1. The van der Waals surface area contributed by atoms with E-state index in [-0.39, 0.29) is 36.2 Å². The Kier molecular flexibility index (Phi) is 6.51. The number of benzene rings is 1. The van der Waals surface area contributed by atoms with E-state index in [4.69, 9.17) is 11.6 Å². The fourth-order valence-corrected chi connectivity index (χ4v) is 1.80. The summed E-state index contributed by atoms with van der Waals surface area (Å²) in [5, 5.41) is 3.84. The molecule has 0 radical (unpaired) electrons. The number of ketones is 1. The van der Waals surface area contributed by atoms with Crippen LogP contribution in [0.2, 0.25) is 5.02 Å². The Morgan fingerprint density at radius 3 is 2.41 bits per heavy atom. The van der Waals surface area contributed by atoms with E-state index < -0.39 is 0 Å². The number of carbonyl (C=O) groups excluding carboxylic acids is 1. The van der Waals surface area contributed by atoms with Crippen molar-refractivity contribution in [2.75, 3.05) is 0 Å². The van der Waals surface area contributed by atoms with Gasteiger partial charge >= 0.3 is 18.9 Å². The SMILES string of the molecule is CC(NC(C)(C)C)C(=O)c1cccc(Cl)c1.[LiH]. The van der Waals surface area contributed by atoms with Gasteiger partial charge in [0.15, 0.2) is 5.78 Å². The summed E-state index contributed by atoms with van der Waals surface area (Å²) < 4.78 is 0. The molecular formula is C13H19ClLiNO. The van der Waals surface area contributed by atoms with Gasteiger partial charge in [0.25, 0.3) is 0 Å². The van der Waals surface area contributed by atoms with Crippen LogP contribution in [-0.2, 0) is 0 Å². The number of halogens is 1. The molecule has 0 heterocycles. The Bertz CT molecular complexity index is 387. The summed E-state index contributed by atoms with van der Waals surface area (Å²) in [7, 11) is 0. The van der Waals surface area contributed by atoms with Crippen molar-refractivity contribution in [1.82, 2.24) is 5.32 Å². The molecule has 0 aliphatic rings. The monoisotopic (exact) mass is 247 g/mol. The number of carbonyl (C=O) groups is 1. The molecule has 0 saturated heterocycles. The predicted octanol–water partition coefficient (Wildman–Crippen LogP) is 2.65. The van der Waals surface area contributed by atoms with Crippen molar-refractivity contribution in [3.05, 3.63) is 34.9 Å². The van der Waals surface area contributed by atoms with Crippen LogP contribution in [0.25, 0.3) is 0 Å². The molecule has 17 heavy (non-hydrogen) atoms. The molecule has 1 aromatic carbocycles. The van der Waals surface area contributed by atoms with Crippen molar-refractivity contribution in [2.24, 2.45) is 0 Å². The molecule has 0 fully saturated rings. The molecule has 1 unspecified atom stereocenters. The average Bonchev–Trinajstić information content (AvgIpc) is 2.14. The Hall–Kier alpha value is -0.263. The third-order valence-electron chi connectivity index (χ3n) is 2.15. The fraction of sp³-hybridized carbons (Fsp3) is 0.462. The first-order valence-corrected chi connectivity index (χ1v) is 5.75. The summed E-state index contributed by atoms with van der Waals surface area (Å²) in [4.78, 5) is 12.1. The summed E-state index contributed by atoms with van der Waals surface area (Å²) in [5.41, 5.74) is 0.574. The number of rotatable bonds is 3. The van der Waals surface area contributed by atoms with E-state index in [0.717, 1.165) is 0 Å². The molecule has 2 nitrogen and oxygen atoms in total. The Balaban J connectivity index is 0.00000256. The van der Waals surface area contributed by atoms with E-state index in [1.807, 2.05) is 27.7 Å². The standard InChI is InChI=1S/C13H18ClNO.Li.H/c1-9(15-13(2,3)4)12(16)10-6-5-7-11(14)8-10;;/h5-9,15H,1-4H3;;. The molecule has 4 heteroatoms. The van der Waals surface area contributed by atoms with E-state index in [2.05, 4.69) is 5.32 Å². The zero-order valence-corrected chi connectivity index (χ0v) is 10.9. The van der Waals surface area contributed by atoms with Gasteiger partial charge in [-0.2, -0.15) is 0 Å². The topological polar surface area (TPSA) is 29.1 Å². The van der Waals surface area contributed by atoms with Crippen LogP contribution in [0, 0.1) is 0 Å². The predicted molar refractivity (Wildman–Crippen MR) is 75.3 cm³/mol. The quantitative estimate of drug-likeness (QED) is 0.657. The Morgan fingerprint density at radius 2 is 1.94 bits per heavy atom. The van der Waals surface area contributed by atoms with Crippen molar-refractivity contribution in [3.8, 4) is 0 Å². The molecule has 1 atom stereocenters. The van der Waals surface area contributed by atoms with Crippen molar-refractivity contribution in [1.29, 1.82) is 0 Å². The summed E-state index contributed by atoms with van der Waals surface area (Å²) in [6.07, 6.45) is 0. The molecule has 0 amide bonds. The summed E-state index contributed by atoms with van der Waals surface area (Å²) in [6.45, 7) is 7.98. The number of Topliss-reactive ketones (excluding diaryl/α,β-unsaturated/α-hetero) is 1. The first-order chi connectivity index (χ1) is 7.29. The number of nitrogens with one attached hydrogen (secondary N) is 1. The van der Waals surface area contributed by atoms with Gasteiger partial charge in [-0.3, -0.25) is 4.79 Å². The second kappa shape index (κ2) is 6.61. The van der Waals surface area contributed by atoms with Crippen molar-refractivity contribution in [2.45, 2.75) is 39.3 Å². The zero-order chi connectivity index (χ0) is 12.3. The fourth-order valence-electron chi connectivity index (χ4n) is 1.61. The molecule has 1 rings (SSSR count). The van der Waals surface area contributed by atoms with Crippen LogP contribution >= 0.6 is 11.6 Å². The second-order valence-corrected chi connectivity index (χ2v) is 5.43. The summed E-state index contributed by atoms with van der Waals surface area (Å²) >= 11 is 5.85. The number of hydrogen-bond acceptors (Lipinski definition) is 2. The van der Waals surface area contributed by atoms with Crippen LogP contribution in [0.5, 0.6) is 0 Å². The molecule has 90 valence electrons. The molecular weight excluding hydrogens is 229 g/mol. The van der Waals surface area contributed by atoms with Crippen LogP contribution in [0.3, 0.4) is 0 Å². The molecule has 0 spiro atoms. The van der Waals surface area contributed by atoms with Gasteiger partial charge in [-0.25, -0.2) is 0 Å². The van der Waals surface area contributed by atoms with Gasteiger partial charge in [0.1, 0.15) is 0 Å². The van der Waals surface area contributed by atoms with Crippen LogP contribution in [-0.4, -0.2) is 36.2 Å². The minimum atomic E-state index is -0.210. The van der Waals surface area contributed by atoms with E-state index in [1.165, 1.54) is 0 Å². The molecule has 0 saturated carbocycles. The van der Waals surface area contributed by atoms with Crippen LogP contribution < -0.4 is 5.32 Å². The normalized spacial score (nSPS) is 12.8.